The molecule has 2 aromatic rings. The smallest absolute Gasteiger partial charge is 0.245 e. The largest absolute Gasteiger partial charge is 0.345 e. The van der Waals surface area contributed by atoms with E-state index in [-0.39, 0.29) is 23.1 Å². The zero-order valence-electron chi connectivity index (χ0n) is 18.6. The van der Waals surface area contributed by atoms with Gasteiger partial charge < -0.3 is 15.2 Å². The summed E-state index contributed by atoms with van der Waals surface area (Å²) in [5.41, 5.74) is 1.16. The number of amides is 2. The lowest BCUT2D eigenvalue weighted by molar-refractivity contribution is -0.140. The second-order valence-corrected chi connectivity index (χ2v) is 9.62. The standard InChI is InChI=1S/C24H31ClN4O2/c1-16(2)22(28-21(30)10-9-20-26-12-13-27-20)23(31)29-14-11-19(24(3,4)15-29)17-5-7-18(25)8-6-17/h5-10,12-13,16,19,22H,11,14-15H2,1-4H3,(H,26,27)(H,28,30)/b10-9+/t19?,22-/m1/s1. The summed E-state index contributed by atoms with van der Waals surface area (Å²) in [7, 11) is 0. The van der Waals surface area contributed by atoms with E-state index in [0.717, 1.165) is 11.4 Å². The highest BCUT2D eigenvalue weighted by molar-refractivity contribution is 6.30. The van der Waals surface area contributed by atoms with Gasteiger partial charge in [-0.05, 0) is 47.4 Å². The van der Waals surface area contributed by atoms with Crippen LogP contribution in [0.25, 0.3) is 6.08 Å². The number of halogens is 1. The summed E-state index contributed by atoms with van der Waals surface area (Å²) in [4.78, 5) is 34.6. The first-order valence-electron chi connectivity index (χ1n) is 10.7. The first kappa shape index (κ1) is 23.1. The van der Waals surface area contributed by atoms with Crippen molar-refractivity contribution >= 4 is 29.5 Å². The maximum Gasteiger partial charge on any atom is 0.245 e. The van der Waals surface area contributed by atoms with Crippen molar-refractivity contribution in [1.82, 2.24) is 20.2 Å². The van der Waals surface area contributed by atoms with E-state index >= 15 is 0 Å². The molecule has 0 aliphatic carbocycles. The van der Waals surface area contributed by atoms with Crippen molar-refractivity contribution < 1.29 is 9.59 Å². The molecule has 7 heteroatoms. The Morgan fingerprint density at radius 1 is 1.29 bits per heavy atom. The van der Waals surface area contributed by atoms with Crippen molar-refractivity contribution in [2.45, 2.75) is 46.1 Å². The predicted molar refractivity (Wildman–Crippen MR) is 124 cm³/mol. The maximum absolute atomic E-state index is 13.3. The summed E-state index contributed by atoms with van der Waals surface area (Å²) < 4.78 is 0. The number of carbonyl (C=O) groups is 2. The Hall–Kier alpha value is -2.60. The summed E-state index contributed by atoms with van der Waals surface area (Å²) in [5, 5.41) is 3.61. The lowest BCUT2D eigenvalue weighted by atomic mass is 9.70. The van der Waals surface area contributed by atoms with Crippen LogP contribution < -0.4 is 5.32 Å². The molecule has 6 nitrogen and oxygen atoms in total. The fraction of sp³-hybridized carbons (Fsp3) is 0.458. The second-order valence-electron chi connectivity index (χ2n) is 9.18. The molecule has 2 amide bonds. The fourth-order valence-electron chi connectivity index (χ4n) is 4.29. The topological polar surface area (TPSA) is 78.1 Å². The third-order valence-corrected chi connectivity index (χ3v) is 6.21. The minimum absolute atomic E-state index is 0.0226. The maximum atomic E-state index is 13.3. The molecule has 0 radical (unpaired) electrons. The Bertz CT molecular complexity index is 920. The Morgan fingerprint density at radius 2 is 2.00 bits per heavy atom. The van der Waals surface area contributed by atoms with Gasteiger partial charge in [0.25, 0.3) is 0 Å². The molecule has 1 aliphatic rings. The number of benzene rings is 1. The first-order valence-corrected chi connectivity index (χ1v) is 11.1. The summed E-state index contributed by atoms with van der Waals surface area (Å²) in [6.07, 6.45) is 7.18. The van der Waals surface area contributed by atoms with Crippen LogP contribution in [0.5, 0.6) is 0 Å². The van der Waals surface area contributed by atoms with Gasteiger partial charge in [-0.2, -0.15) is 0 Å². The number of imidazole rings is 1. The van der Waals surface area contributed by atoms with Crippen molar-refractivity contribution in [2.24, 2.45) is 11.3 Å². The Morgan fingerprint density at radius 3 is 2.58 bits per heavy atom. The normalized spacial score (nSPS) is 19.5. The molecule has 0 spiro atoms. The lowest BCUT2D eigenvalue weighted by Gasteiger charge is -2.45. The highest BCUT2D eigenvalue weighted by Crippen LogP contribution is 2.42. The van der Waals surface area contributed by atoms with Crippen LogP contribution in [-0.4, -0.2) is 45.8 Å². The molecule has 166 valence electrons. The van der Waals surface area contributed by atoms with E-state index in [1.54, 1.807) is 18.5 Å². The van der Waals surface area contributed by atoms with Crippen LogP contribution in [0.4, 0.5) is 0 Å². The molecule has 0 bridgehead atoms. The summed E-state index contributed by atoms with van der Waals surface area (Å²) in [5.74, 6) is 0.576. The predicted octanol–water partition coefficient (Wildman–Crippen LogP) is 4.26. The molecule has 0 saturated carbocycles. The number of likely N-dealkylation sites (tertiary alicyclic amines) is 1. The molecule has 2 N–H and O–H groups in total. The van der Waals surface area contributed by atoms with Gasteiger partial charge in [0.05, 0.1) is 0 Å². The number of aromatic amines is 1. The quantitative estimate of drug-likeness (QED) is 0.656. The van der Waals surface area contributed by atoms with Gasteiger partial charge in [-0.25, -0.2) is 4.98 Å². The van der Waals surface area contributed by atoms with E-state index in [1.165, 1.54) is 11.6 Å². The molecule has 1 saturated heterocycles. The molecule has 1 aliphatic heterocycles. The zero-order chi connectivity index (χ0) is 22.6. The molecule has 3 rings (SSSR count). The second kappa shape index (κ2) is 9.69. The lowest BCUT2D eigenvalue weighted by Crippen LogP contribution is -2.55. The van der Waals surface area contributed by atoms with Crippen molar-refractivity contribution in [2.75, 3.05) is 13.1 Å². The van der Waals surface area contributed by atoms with Crippen molar-refractivity contribution in [3.8, 4) is 0 Å². The van der Waals surface area contributed by atoms with Crippen LogP contribution >= 0.6 is 11.6 Å². The van der Waals surface area contributed by atoms with Gasteiger partial charge >= 0.3 is 0 Å². The highest BCUT2D eigenvalue weighted by atomic mass is 35.5. The number of carbonyl (C=O) groups excluding carboxylic acids is 2. The average Bonchev–Trinajstić information content (AvgIpc) is 3.23. The number of aromatic nitrogens is 2. The number of H-pyrrole nitrogens is 1. The number of nitrogens with zero attached hydrogens (tertiary/aromatic N) is 2. The Balaban J connectivity index is 1.67. The van der Waals surface area contributed by atoms with Crippen LogP contribution in [0.1, 0.15) is 51.4 Å². The van der Waals surface area contributed by atoms with Crippen LogP contribution in [0.15, 0.2) is 42.7 Å². The molecule has 1 aromatic heterocycles. The van der Waals surface area contributed by atoms with Crippen LogP contribution in [0.3, 0.4) is 0 Å². The number of rotatable bonds is 6. The molecule has 31 heavy (non-hydrogen) atoms. The molecule has 2 heterocycles. The van der Waals surface area contributed by atoms with Crippen LogP contribution in [-0.2, 0) is 9.59 Å². The molecular weight excluding hydrogens is 412 g/mol. The highest BCUT2D eigenvalue weighted by Gasteiger charge is 2.40. The van der Waals surface area contributed by atoms with E-state index in [0.29, 0.717) is 24.8 Å². The minimum Gasteiger partial charge on any atom is -0.345 e. The van der Waals surface area contributed by atoms with Gasteiger partial charge in [-0.1, -0.05) is 51.4 Å². The van der Waals surface area contributed by atoms with Crippen molar-refractivity contribution in [3.05, 3.63) is 59.1 Å². The summed E-state index contributed by atoms with van der Waals surface area (Å²) in [6.45, 7) is 9.59. The molecule has 1 unspecified atom stereocenters. The van der Waals surface area contributed by atoms with Gasteiger partial charge in [0, 0.05) is 36.6 Å². The van der Waals surface area contributed by atoms with E-state index in [1.807, 2.05) is 30.9 Å². The first-order chi connectivity index (χ1) is 14.7. The van der Waals surface area contributed by atoms with Crippen molar-refractivity contribution in [3.63, 3.8) is 0 Å². The molecule has 1 fully saturated rings. The Kier molecular flexibility index (Phi) is 7.21. The molecule has 2 atom stereocenters. The van der Waals surface area contributed by atoms with Gasteiger partial charge in [-0.15, -0.1) is 0 Å². The number of hydrogen-bond donors (Lipinski definition) is 2. The third-order valence-electron chi connectivity index (χ3n) is 5.96. The Labute approximate surface area is 189 Å². The average molecular weight is 443 g/mol. The van der Waals surface area contributed by atoms with Crippen LogP contribution in [0.2, 0.25) is 5.02 Å². The van der Waals surface area contributed by atoms with Gasteiger partial charge in [0.1, 0.15) is 11.9 Å². The molecule has 1 aromatic carbocycles. The van der Waals surface area contributed by atoms with Gasteiger partial charge in [0.15, 0.2) is 0 Å². The summed E-state index contributed by atoms with van der Waals surface area (Å²) in [6, 6.07) is 7.43. The minimum atomic E-state index is -0.573. The molecular formula is C24H31ClN4O2. The van der Waals surface area contributed by atoms with E-state index in [9.17, 15) is 9.59 Å². The number of piperidine rings is 1. The van der Waals surface area contributed by atoms with Gasteiger partial charge in [-0.3, -0.25) is 9.59 Å². The third kappa shape index (κ3) is 5.76. The van der Waals surface area contributed by atoms with E-state index in [2.05, 4.69) is 41.3 Å². The summed E-state index contributed by atoms with van der Waals surface area (Å²) >= 11 is 6.05. The number of hydrogen-bond acceptors (Lipinski definition) is 3. The zero-order valence-corrected chi connectivity index (χ0v) is 19.3. The monoisotopic (exact) mass is 442 g/mol. The van der Waals surface area contributed by atoms with Crippen molar-refractivity contribution in [1.29, 1.82) is 0 Å². The van der Waals surface area contributed by atoms with E-state index < -0.39 is 6.04 Å². The van der Waals surface area contributed by atoms with Gasteiger partial charge in [0.2, 0.25) is 11.8 Å². The fourth-order valence-corrected chi connectivity index (χ4v) is 4.42. The number of nitrogens with one attached hydrogen (secondary N) is 2. The van der Waals surface area contributed by atoms with Crippen LogP contribution in [0, 0.1) is 11.3 Å². The van der Waals surface area contributed by atoms with E-state index in [4.69, 9.17) is 11.6 Å². The SMILES string of the molecule is CC(C)[C@@H](NC(=O)/C=C/c1ncc[nH]1)C(=O)N1CCC(c2ccc(Cl)cc2)C(C)(C)C1.